The summed E-state index contributed by atoms with van der Waals surface area (Å²) >= 11 is 0. The first-order valence-electron chi connectivity index (χ1n) is 19.0. The smallest absolute Gasteiger partial charge is 0.335 e. The van der Waals surface area contributed by atoms with Crippen molar-refractivity contribution in [3.8, 4) is 45.8 Å². The van der Waals surface area contributed by atoms with E-state index >= 15 is 0 Å². The molecule has 2 unspecified atom stereocenters. The molecule has 13 heteroatoms. The van der Waals surface area contributed by atoms with Crippen molar-refractivity contribution in [2.45, 2.75) is 46.5 Å². The van der Waals surface area contributed by atoms with E-state index in [1.807, 2.05) is 76.2 Å². The van der Waals surface area contributed by atoms with E-state index in [2.05, 4.69) is 15.0 Å². The molecule has 0 amide bonds. The van der Waals surface area contributed by atoms with Gasteiger partial charge in [0.05, 0.1) is 54.4 Å². The number of ether oxygens (including phenoxy) is 4. The minimum Gasteiger partial charge on any atom is -0.478 e. The summed E-state index contributed by atoms with van der Waals surface area (Å²) in [7, 11) is 2.77. The number of carboxylic acid groups (broad SMARTS) is 1. The lowest BCUT2D eigenvalue weighted by atomic mass is 9.70. The largest absolute Gasteiger partial charge is 0.478 e. The molecular weight excluding hydrogens is 765 g/mol. The number of carbonyl (C=O) groups excluding carboxylic acids is 3. The highest BCUT2D eigenvalue weighted by atomic mass is 16.5. The van der Waals surface area contributed by atoms with Crippen LogP contribution in [-0.2, 0) is 19.1 Å². The van der Waals surface area contributed by atoms with Gasteiger partial charge < -0.3 is 24.1 Å². The Kier molecular flexibility index (Phi) is 11.0. The number of Topliss-reactive ketones (excluding diaryl/α,β-unsaturated/α-hetero) is 1. The van der Waals surface area contributed by atoms with Crippen LogP contribution < -0.4 is 9.47 Å². The molecule has 0 bridgehead atoms. The lowest BCUT2D eigenvalue weighted by molar-refractivity contribution is -0.152. The molecule has 4 aromatic heterocycles. The van der Waals surface area contributed by atoms with E-state index in [0.717, 1.165) is 33.4 Å². The number of aromatic carboxylic acids is 1. The van der Waals surface area contributed by atoms with Gasteiger partial charge in [0.15, 0.2) is 17.3 Å². The van der Waals surface area contributed by atoms with Crippen LogP contribution in [0.25, 0.3) is 22.5 Å². The van der Waals surface area contributed by atoms with Gasteiger partial charge in [0.1, 0.15) is 0 Å². The monoisotopic (exact) mass is 806 g/mol. The van der Waals surface area contributed by atoms with Crippen molar-refractivity contribution in [1.29, 1.82) is 0 Å². The zero-order chi connectivity index (χ0) is 42.9. The number of pyridine rings is 4. The number of hydrogen-bond donors (Lipinski definition) is 1. The molecule has 1 N–H and O–H groups in total. The number of carboxylic acids is 1. The summed E-state index contributed by atoms with van der Waals surface area (Å²) in [6, 6.07) is 25.0. The van der Waals surface area contributed by atoms with E-state index in [0.29, 0.717) is 40.2 Å². The molecule has 13 nitrogen and oxygen atoms in total. The second-order valence-corrected chi connectivity index (χ2v) is 15.5. The maximum absolute atomic E-state index is 12.6. The molecule has 304 valence electrons. The first-order chi connectivity index (χ1) is 28.6. The Morgan fingerprint density at radius 1 is 0.567 bits per heavy atom. The Hall–Kier alpha value is -7.28. The van der Waals surface area contributed by atoms with Crippen molar-refractivity contribution in [2.75, 3.05) is 14.2 Å². The predicted octanol–water partition coefficient (Wildman–Crippen LogP) is 9.06. The number of ketones is 1. The second kappa shape index (κ2) is 16.2. The van der Waals surface area contributed by atoms with Crippen LogP contribution in [0.1, 0.15) is 89.4 Å². The Labute approximate surface area is 346 Å². The minimum absolute atomic E-state index is 0.0141. The first-order valence-corrected chi connectivity index (χ1v) is 19.0. The fourth-order valence-corrected chi connectivity index (χ4v) is 7.78. The highest BCUT2D eigenvalue weighted by Gasteiger charge is 2.46. The third kappa shape index (κ3) is 7.57. The molecule has 0 saturated carbocycles. The van der Waals surface area contributed by atoms with Gasteiger partial charge in [-0.3, -0.25) is 24.4 Å². The predicted molar refractivity (Wildman–Crippen MR) is 220 cm³/mol. The summed E-state index contributed by atoms with van der Waals surface area (Å²) in [5, 5.41) is 9.09. The number of hydrogen-bond acceptors (Lipinski definition) is 12. The van der Waals surface area contributed by atoms with Gasteiger partial charge in [0.25, 0.3) is 0 Å². The van der Waals surface area contributed by atoms with Gasteiger partial charge in [0.2, 0.25) is 11.8 Å². The Bertz CT molecular complexity index is 2460. The van der Waals surface area contributed by atoms with Crippen molar-refractivity contribution in [3.05, 3.63) is 143 Å². The van der Waals surface area contributed by atoms with Crippen LogP contribution in [0.5, 0.6) is 23.3 Å². The zero-order valence-electron chi connectivity index (χ0n) is 34.0. The number of carbonyl (C=O) groups is 4. The fraction of sp³-hybridized carbons (Fsp3) is 0.234. The SMILES string of the molecule is COC(=O)C(C)(C)C1c2ccncc2Oc2nc(-c3ccc(C(=O)O)cc3)ccc21.COC(=O)C(C)(C)C1c2ccncc2Oc2nc(-c3ccc(C(C)=O)cc3)ccc21. The number of aromatic nitrogens is 4. The summed E-state index contributed by atoms with van der Waals surface area (Å²) in [6.45, 7) is 8.92. The van der Waals surface area contributed by atoms with Crippen molar-refractivity contribution in [1.82, 2.24) is 19.9 Å². The standard InChI is InChI=1S/C24H22N2O4.C23H20N2O5/c1-14(27)15-5-7-16(8-6-15)19-10-9-18-21(24(2,3)23(28)29-4)17-11-12-25-13-20(17)30-22(18)26-19;1-23(2,22(28)29-3)19-15-10-11-24-12-18(15)30-20-16(19)8-9-17(25-20)13-4-6-14(7-5-13)21(26)27/h5-13,21H,1-4H3;4-12,19H,1-3H3,(H,26,27). The van der Waals surface area contributed by atoms with Crippen LogP contribution >= 0.6 is 0 Å². The fourth-order valence-electron chi connectivity index (χ4n) is 7.78. The Morgan fingerprint density at radius 3 is 1.33 bits per heavy atom. The number of esters is 2. The summed E-state index contributed by atoms with van der Waals surface area (Å²) in [4.78, 5) is 65.5. The van der Waals surface area contributed by atoms with E-state index in [4.69, 9.17) is 29.0 Å². The van der Waals surface area contributed by atoms with Crippen LogP contribution in [0.15, 0.2) is 110 Å². The molecular formula is C47H42N4O9. The van der Waals surface area contributed by atoms with Gasteiger partial charge in [-0.15, -0.1) is 0 Å². The first kappa shape index (κ1) is 40.9. The summed E-state index contributed by atoms with van der Waals surface area (Å²) in [6.07, 6.45) is 6.59. The molecule has 0 fully saturated rings. The Morgan fingerprint density at radius 2 is 0.967 bits per heavy atom. The number of benzene rings is 2. The summed E-state index contributed by atoms with van der Waals surface area (Å²) < 4.78 is 22.2. The summed E-state index contributed by atoms with van der Waals surface area (Å²) in [5.41, 5.74) is 5.41. The molecule has 2 aliphatic heterocycles. The van der Waals surface area contributed by atoms with Crippen molar-refractivity contribution >= 4 is 23.7 Å². The maximum Gasteiger partial charge on any atom is 0.335 e. The van der Waals surface area contributed by atoms with Gasteiger partial charge in [-0.2, -0.15) is 0 Å². The van der Waals surface area contributed by atoms with Crippen LogP contribution in [-0.4, -0.2) is 63.0 Å². The van der Waals surface area contributed by atoms with E-state index in [1.54, 1.807) is 49.1 Å². The molecule has 0 spiro atoms. The lowest BCUT2D eigenvalue weighted by Gasteiger charge is -2.36. The normalized spacial score (nSPS) is 14.8. The molecule has 2 aromatic carbocycles. The molecule has 6 aromatic rings. The Balaban J connectivity index is 0.000000181. The second-order valence-electron chi connectivity index (χ2n) is 15.5. The molecule has 8 rings (SSSR count). The third-order valence-electron chi connectivity index (χ3n) is 11.0. The number of fused-ring (bicyclic) bond motifs is 4. The number of methoxy groups -OCH3 is 2. The van der Waals surface area contributed by atoms with E-state index in [-0.39, 0.29) is 35.1 Å². The van der Waals surface area contributed by atoms with Crippen molar-refractivity contribution in [2.24, 2.45) is 10.8 Å². The van der Waals surface area contributed by atoms with Crippen LogP contribution in [0.3, 0.4) is 0 Å². The quantitative estimate of drug-likeness (QED) is 0.114. The third-order valence-corrected chi connectivity index (χ3v) is 11.0. The molecule has 2 aliphatic rings. The van der Waals surface area contributed by atoms with Gasteiger partial charge in [-0.25, -0.2) is 14.8 Å². The maximum atomic E-state index is 12.6. The molecule has 6 heterocycles. The zero-order valence-corrected chi connectivity index (χ0v) is 34.0. The number of rotatable bonds is 8. The van der Waals surface area contributed by atoms with Gasteiger partial charge in [-0.05, 0) is 71.0 Å². The van der Waals surface area contributed by atoms with Crippen molar-refractivity contribution < 1.29 is 43.2 Å². The highest BCUT2D eigenvalue weighted by Crippen LogP contribution is 2.53. The number of nitrogens with zero attached hydrogens (tertiary/aromatic N) is 4. The average Bonchev–Trinajstić information content (AvgIpc) is 3.26. The van der Waals surface area contributed by atoms with Crippen molar-refractivity contribution in [3.63, 3.8) is 0 Å². The molecule has 60 heavy (non-hydrogen) atoms. The van der Waals surface area contributed by atoms with Gasteiger partial charge in [0, 0.05) is 63.2 Å². The summed E-state index contributed by atoms with van der Waals surface area (Å²) in [5.74, 6) is -0.315. The van der Waals surface area contributed by atoms with E-state index in [1.165, 1.54) is 33.3 Å². The molecule has 2 atom stereocenters. The van der Waals surface area contributed by atoms with Crippen LogP contribution in [0, 0.1) is 10.8 Å². The minimum atomic E-state index is -0.986. The van der Waals surface area contributed by atoms with Gasteiger partial charge >= 0.3 is 17.9 Å². The topological polar surface area (TPSA) is 177 Å². The lowest BCUT2D eigenvalue weighted by Crippen LogP contribution is -2.35. The average molecular weight is 807 g/mol. The van der Waals surface area contributed by atoms with Gasteiger partial charge in [-0.1, -0.05) is 48.5 Å². The highest BCUT2D eigenvalue weighted by molar-refractivity contribution is 5.94. The molecule has 0 aliphatic carbocycles. The van der Waals surface area contributed by atoms with E-state index in [9.17, 15) is 19.2 Å². The van der Waals surface area contributed by atoms with Crippen LogP contribution in [0.2, 0.25) is 0 Å². The van der Waals surface area contributed by atoms with E-state index < -0.39 is 16.8 Å². The molecule has 0 saturated heterocycles. The van der Waals surface area contributed by atoms with Crippen LogP contribution in [0.4, 0.5) is 0 Å². The molecule has 0 radical (unpaired) electrons.